The van der Waals surface area contributed by atoms with E-state index >= 15 is 0 Å². The Morgan fingerprint density at radius 1 is 1.12 bits per heavy atom. The molecule has 0 aromatic heterocycles. The molecule has 0 aliphatic carbocycles. The van der Waals surface area contributed by atoms with Gasteiger partial charge >= 0.3 is 0 Å². The molecule has 0 fully saturated rings. The highest BCUT2D eigenvalue weighted by molar-refractivity contribution is 6.42. The first-order valence-electron chi connectivity index (χ1n) is 7.18. The maximum Gasteiger partial charge on any atom is 0.254 e. The molecule has 0 unspecified atom stereocenters. The Bertz CT molecular complexity index is 765. The average Bonchev–Trinajstić information content (AvgIpc) is 2.54. The summed E-state index contributed by atoms with van der Waals surface area (Å²) in [4.78, 5) is 14.1. The second kappa shape index (κ2) is 7.97. The first kappa shape index (κ1) is 18.7. The zero-order valence-electron chi connectivity index (χ0n) is 13.1. The van der Waals surface area contributed by atoms with Gasteiger partial charge in [-0.3, -0.25) is 4.79 Å². The molecule has 0 aliphatic heterocycles. The highest BCUT2D eigenvalue weighted by Gasteiger charge is 2.18. The SMILES string of the molecule is CCOc1cc(C(=O)N(C)Cc2ccc(Cl)c(Cl)c2)cc(Cl)c1O. The number of carbonyl (C=O) groups excluding carboxylic acids is 1. The Hall–Kier alpha value is -1.62. The lowest BCUT2D eigenvalue weighted by Gasteiger charge is -2.19. The van der Waals surface area contributed by atoms with Gasteiger partial charge in [-0.15, -0.1) is 0 Å². The van der Waals surface area contributed by atoms with Gasteiger partial charge in [-0.05, 0) is 36.8 Å². The Morgan fingerprint density at radius 2 is 1.83 bits per heavy atom. The first-order valence-corrected chi connectivity index (χ1v) is 8.31. The van der Waals surface area contributed by atoms with E-state index < -0.39 is 0 Å². The lowest BCUT2D eigenvalue weighted by molar-refractivity contribution is 0.0784. The highest BCUT2D eigenvalue weighted by atomic mass is 35.5. The zero-order valence-corrected chi connectivity index (χ0v) is 15.4. The molecule has 0 aliphatic rings. The third-order valence-electron chi connectivity index (χ3n) is 3.33. The number of nitrogens with zero attached hydrogens (tertiary/aromatic N) is 1. The topological polar surface area (TPSA) is 49.8 Å². The van der Waals surface area contributed by atoms with Gasteiger partial charge in [0, 0.05) is 19.2 Å². The molecule has 24 heavy (non-hydrogen) atoms. The van der Waals surface area contributed by atoms with Gasteiger partial charge in [0.15, 0.2) is 11.5 Å². The monoisotopic (exact) mass is 387 g/mol. The van der Waals surface area contributed by atoms with Crippen LogP contribution in [0.25, 0.3) is 0 Å². The molecular formula is C17H16Cl3NO3. The quantitative estimate of drug-likeness (QED) is 0.782. The van der Waals surface area contributed by atoms with E-state index in [1.54, 1.807) is 32.2 Å². The van der Waals surface area contributed by atoms with E-state index in [2.05, 4.69) is 0 Å². The van der Waals surface area contributed by atoms with Gasteiger partial charge in [-0.2, -0.15) is 0 Å². The number of benzene rings is 2. The van der Waals surface area contributed by atoms with E-state index in [9.17, 15) is 9.90 Å². The number of aromatic hydroxyl groups is 1. The van der Waals surface area contributed by atoms with Gasteiger partial charge in [-0.1, -0.05) is 40.9 Å². The predicted octanol–water partition coefficient (Wildman–Crippen LogP) is 5.02. The van der Waals surface area contributed by atoms with E-state index in [0.29, 0.717) is 28.8 Å². The fraction of sp³-hybridized carbons (Fsp3) is 0.235. The standard InChI is InChI=1S/C17H16Cl3NO3/c1-3-24-15-8-11(7-14(20)16(15)22)17(23)21(2)9-10-4-5-12(18)13(19)6-10/h4-8,22H,3,9H2,1-2H3. The van der Waals surface area contributed by atoms with Gasteiger partial charge in [0.1, 0.15) is 0 Å². The van der Waals surface area contributed by atoms with Crippen molar-refractivity contribution in [3.8, 4) is 11.5 Å². The van der Waals surface area contributed by atoms with E-state index in [-0.39, 0.29) is 22.4 Å². The van der Waals surface area contributed by atoms with Crippen LogP contribution in [0.1, 0.15) is 22.8 Å². The van der Waals surface area contributed by atoms with Crippen LogP contribution < -0.4 is 4.74 Å². The number of hydrogen-bond acceptors (Lipinski definition) is 3. The summed E-state index contributed by atoms with van der Waals surface area (Å²) in [6.45, 7) is 2.47. The summed E-state index contributed by atoms with van der Waals surface area (Å²) in [6, 6.07) is 8.07. The Labute approximate surface area is 155 Å². The van der Waals surface area contributed by atoms with Crippen molar-refractivity contribution in [3.63, 3.8) is 0 Å². The van der Waals surface area contributed by atoms with E-state index in [1.165, 1.54) is 17.0 Å². The average molecular weight is 389 g/mol. The third kappa shape index (κ3) is 4.26. The third-order valence-corrected chi connectivity index (χ3v) is 4.35. The number of carbonyl (C=O) groups is 1. The van der Waals surface area contributed by atoms with Crippen molar-refractivity contribution >= 4 is 40.7 Å². The van der Waals surface area contributed by atoms with Crippen LogP contribution in [-0.2, 0) is 6.54 Å². The van der Waals surface area contributed by atoms with Crippen LogP contribution in [0.3, 0.4) is 0 Å². The number of phenols is 1. The fourth-order valence-electron chi connectivity index (χ4n) is 2.17. The van der Waals surface area contributed by atoms with Crippen LogP contribution >= 0.6 is 34.8 Å². The molecule has 2 aromatic rings. The Balaban J connectivity index is 2.22. The molecule has 0 spiro atoms. The van der Waals surface area contributed by atoms with Crippen LogP contribution in [0.15, 0.2) is 30.3 Å². The van der Waals surface area contributed by atoms with Crippen LogP contribution in [0.5, 0.6) is 11.5 Å². The van der Waals surface area contributed by atoms with Crippen molar-refractivity contribution in [2.24, 2.45) is 0 Å². The molecule has 0 bridgehead atoms. The summed E-state index contributed by atoms with van der Waals surface area (Å²) in [7, 11) is 1.66. The minimum Gasteiger partial charge on any atom is -0.503 e. The largest absolute Gasteiger partial charge is 0.503 e. The molecule has 2 aromatic carbocycles. The molecule has 0 atom stereocenters. The van der Waals surface area contributed by atoms with Crippen LogP contribution in [0, 0.1) is 0 Å². The van der Waals surface area contributed by atoms with Crippen molar-refractivity contribution in [2.75, 3.05) is 13.7 Å². The van der Waals surface area contributed by atoms with Crippen molar-refractivity contribution in [3.05, 3.63) is 56.5 Å². The zero-order chi connectivity index (χ0) is 17.9. The normalized spacial score (nSPS) is 10.5. The fourth-order valence-corrected chi connectivity index (χ4v) is 2.70. The van der Waals surface area contributed by atoms with Gasteiger partial charge in [0.25, 0.3) is 5.91 Å². The second-order valence-corrected chi connectivity index (χ2v) is 6.37. The highest BCUT2D eigenvalue weighted by Crippen LogP contribution is 2.35. The smallest absolute Gasteiger partial charge is 0.254 e. The maximum atomic E-state index is 12.6. The summed E-state index contributed by atoms with van der Waals surface area (Å²) in [5, 5.41) is 10.8. The summed E-state index contributed by atoms with van der Waals surface area (Å²) in [6.07, 6.45) is 0. The van der Waals surface area contributed by atoms with Crippen LogP contribution in [0.4, 0.5) is 0 Å². The van der Waals surface area contributed by atoms with Crippen molar-refractivity contribution < 1.29 is 14.6 Å². The molecule has 128 valence electrons. The lowest BCUT2D eigenvalue weighted by Crippen LogP contribution is -2.26. The molecule has 0 radical (unpaired) electrons. The van der Waals surface area contributed by atoms with Crippen LogP contribution in [-0.4, -0.2) is 29.6 Å². The van der Waals surface area contributed by atoms with Gasteiger partial charge in [-0.25, -0.2) is 0 Å². The van der Waals surface area contributed by atoms with E-state index in [4.69, 9.17) is 39.5 Å². The molecular weight excluding hydrogens is 373 g/mol. The molecule has 0 heterocycles. The number of halogens is 3. The summed E-state index contributed by atoms with van der Waals surface area (Å²) in [5.74, 6) is -0.262. The first-order chi connectivity index (χ1) is 11.3. The summed E-state index contributed by atoms with van der Waals surface area (Å²) < 4.78 is 5.30. The molecule has 0 saturated heterocycles. The van der Waals surface area contributed by atoms with E-state index in [1.807, 2.05) is 0 Å². The van der Waals surface area contributed by atoms with Gasteiger partial charge < -0.3 is 14.7 Å². The number of hydrogen-bond donors (Lipinski definition) is 1. The number of amides is 1. The molecule has 1 amide bonds. The predicted molar refractivity (Wildman–Crippen MR) is 96.5 cm³/mol. The lowest BCUT2D eigenvalue weighted by atomic mass is 10.1. The minimum atomic E-state index is -0.260. The molecule has 2 rings (SSSR count). The maximum absolute atomic E-state index is 12.6. The Morgan fingerprint density at radius 3 is 2.46 bits per heavy atom. The van der Waals surface area contributed by atoms with Crippen molar-refractivity contribution in [1.82, 2.24) is 4.90 Å². The second-order valence-electron chi connectivity index (χ2n) is 5.15. The number of ether oxygens (including phenoxy) is 1. The van der Waals surface area contributed by atoms with Crippen molar-refractivity contribution in [1.29, 1.82) is 0 Å². The Kier molecular flexibility index (Phi) is 6.21. The van der Waals surface area contributed by atoms with Gasteiger partial charge in [0.05, 0.1) is 21.7 Å². The van der Waals surface area contributed by atoms with E-state index in [0.717, 1.165) is 5.56 Å². The van der Waals surface area contributed by atoms with Crippen LogP contribution in [0.2, 0.25) is 15.1 Å². The number of rotatable bonds is 5. The van der Waals surface area contributed by atoms with Crippen molar-refractivity contribution in [2.45, 2.75) is 13.5 Å². The molecule has 0 saturated carbocycles. The van der Waals surface area contributed by atoms with Gasteiger partial charge in [0.2, 0.25) is 0 Å². The molecule has 1 N–H and O–H groups in total. The molecule has 4 nitrogen and oxygen atoms in total. The summed E-state index contributed by atoms with van der Waals surface area (Å²) in [5.41, 5.74) is 1.17. The summed E-state index contributed by atoms with van der Waals surface area (Å²) >= 11 is 17.8. The minimum absolute atomic E-state index is 0.0623. The number of phenolic OH excluding ortho intramolecular Hbond substituents is 1. The molecule has 7 heteroatoms.